The second-order valence-corrected chi connectivity index (χ2v) is 6.60. The molecule has 1 rings (SSSR count). The van der Waals surface area contributed by atoms with Crippen molar-refractivity contribution < 1.29 is 19.8 Å². The SMILES string of the molecule is CC(C)=CCC/C(C)=C/CCC1=CCC(C(=O)O)C(C(=O)O)C1.[NaH].[NaH]. The van der Waals surface area contributed by atoms with Crippen LogP contribution < -0.4 is 0 Å². The van der Waals surface area contributed by atoms with E-state index in [4.69, 9.17) is 5.11 Å². The van der Waals surface area contributed by atoms with Crippen LogP contribution in [0.3, 0.4) is 0 Å². The Hall–Kier alpha value is 0.160. The molecule has 0 radical (unpaired) electrons. The van der Waals surface area contributed by atoms with Gasteiger partial charge >= 0.3 is 71.1 Å². The number of hydrogen-bond donors (Lipinski definition) is 2. The van der Waals surface area contributed by atoms with Crippen molar-refractivity contribution >= 4 is 71.1 Å². The molecule has 6 heteroatoms. The van der Waals surface area contributed by atoms with Gasteiger partial charge in [-0.1, -0.05) is 34.9 Å². The standard InChI is InChI=1S/C19H28O4.2Na.2H/c1-13(2)6-4-7-14(3)8-5-9-15-10-11-16(18(20)21)17(12-15)19(22)23;;;;/h6,8,10,16-17H,4-5,7,9,11-12H2,1-3H3,(H,20,21)(H,22,23);;;;/b14-8+;;;;. The first-order valence-electron chi connectivity index (χ1n) is 8.23. The van der Waals surface area contributed by atoms with Crippen molar-refractivity contribution in [3.63, 3.8) is 0 Å². The van der Waals surface area contributed by atoms with Gasteiger partial charge in [0.05, 0.1) is 11.8 Å². The van der Waals surface area contributed by atoms with E-state index in [0.717, 1.165) is 31.3 Å². The number of hydrogen-bond acceptors (Lipinski definition) is 2. The number of carbonyl (C=O) groups is 2. The molecule has 25 heavy (non-hydrogen) atoms. The molecule has 0 saturated carbocycles. The van der Waals surface area contributed by atoms with Crippen LogP contribution in [0.25, 0.3) is 0 Å². The Morgan fingerprint density at radius 2 is 1.64 bits per heavy atom. The van der Waals surface area contributed by atoms with Gasteiger partial charge in [-0.05, 0) is 59.3 Å². The molecule has 132 valence electrons. The van der Waals surface area contributed by atoms with Crippen molar-refractivity contribution in [1.82, 2.24) is 0 Å². The van der Waals surface area contributed by atoms with E-state index in [1.807, 2.05) is 6.08 Å². The first kappa shape index (κ1) is 27.4. The summed E-state index contributed by atoms with van der Waals surface area (Å²) < 4.78 is 0. The van der Waals surface area contributed by atoms with Gasteiger partial charge in [-0.3, -0.25) is 9.59 Å². The summed E-state index contributed by atoms with van der Waals surface area (Å²) >= 11 is 0. The Bertz CT molecular complexity index is 532. The molecule has 0 aromatic rings. The fourth-order valence-electron chi connectivity index (χ4n) is 2.90. The van der Waals surface area contributed by atoms with Gasteiger partial charge in [0.25, 0.3) is 0 Å². The van der Waals surface area contributed by atoms with Crippen molar-refractivity contribution in [2.75, 3.05) is 0 Å². The maximum atomic E-state index is 11.3. The summed E-state index contributed by atoms with van der Waals surface area (Å²) in [6.45, 7) is 6.31. The average molecular weight is 368 g/mol. The summed E-state index contributed by atoms with van der Waals surface area (Å²) in [5.74, 6) is -3.60. The first-order valence-corrected chi connectivity index (χ1v) is 8.23. The monoisotopic (exact) mass is 368 g/mol. The van der Waals surface area contributed by atoms with Gasteiger partial charge in [0, 0.05) is 0 Å². The zero-order valence-corrected chi connectivity index (χ0v) is 14.3. The second kappa shape index (κ2) is 14.2. The summed E-state index contributed by atoms with van der Waals surface area (Å²) in [7, 11) is 0. The van der Waals surface area contributed by atoms with E-state index >= 15 is 0 Å². The Kier molecular flexibility index (Phi) is 15.6. The van der Waals surface area contributed by atoms with Crippen LogP contribution in [-0.2, 0) is 9.59 Å². The third-order valence-electron chi connectivity index (χ3n) is 4.31. The molecular weight excluding hydrogens is 338 g/mol. The minimum atomic E-state index is -1.01. The molecular formula is C19H30Na2O4. The van der Waals surface area contributed by atoms with Gasteiger partial charge in [0.2, 0.25) is 0 Å². The fourth-order valence-corrected chi connectivity index (χ4v) is 2.90. The summed E-state index contributed by atoms with van der Waals surface area (Å²) in [4.78, 5) is 22.4. The van der Waals surface area contributed by atoms with Crippen LogP contribution in [-0.4, -0.2) is 81.3 Å². The quantitative estimate of drug-likeness (QED) is 0.509. The van der Waals surface area contributed by atoms with Crippen LogP contribution in [0.15, 0.2) is 34.9 Å². The molecule has 0 aromatic carbocycles. The maximum absolute atomic E-state index is 11.3. The van der Waals surface area contributed by atoms with Crippen molar-refractivity contribution in [3.05, 3.63) is 34.9 Å². The first-order chi connectivity index (χ1) is 10.8. The number of carboxylic acid groups (broad SMARTS) is 2. The summed E-state index contributed by atoms with van der Waals surface area (Å²) in [6, 6.07) is 0. The van der Waals surface area contributed by atoms with Gasteiger partial charge in [-0.2, -0.15) is 0 Å². The zero-order chi connectivity index (χ0) is 17.4. The molecule has 2 N–H and O–H groups in total. The molecule has 2 unspecified atom stereocenters. The van der Waals surface area contributed by atoms with Crippen molar-refractivity contribution in [1.29, 1.82) is 0 Å². The van der Waals surface area contributed by atoms with Crippen molar-refractivity contribution in [2.24, 2.45) is 11.8 Å². The summed E-state index contributed by atoms with van der Waals surface area (Å²) in [6.07, 6.45) is 10.8. The molecule has 0 amide bonds. The number of allylic oxidation sites excluding steroid dienone is 6. The van der Waals surface area contributed by atoms with E-state index in [-0.39, 0.29) is 59.1 Å². The molecule has 4 nitrogen and oxygen atoms in total. The number of rotatable bonds is 8. The van der Waals surface area contributed by atoms with Crippen molar-refractivity contribution in [2.45, 2.75) is 59.3 Å². The van der Waals surface area contributed by atoms with Crippen molar-refractivity contribution in [3.8, 4) is 0 Å². The van der Waals surface area contributed by atoms with E-state index in [9.17, 15) is 14.7 Å². The second-order valence-electron chi connectivity index (χ2n) is 6.60. The van der Waals surface area contributed by atoms with Gasteiger partial charge in [0.1, 0.15) is 0 Å². The van der Waals surface area contributed by atoms with E-state index in [1.165, 1.54) is 11.1 Å². The Morgan fingerprint density at radius 3 is 2.16 bits per heavy atom. The fraction of sp³-hybridized carbons (Fsp3) is 0.579. The van der Waals surface area contributed by atoms with Gasteiger partial charge in [-0.15, -0.1) is 0 Å². The molecule has 2 atom stereocenters. The molecule has 1 aliphatic rings. The van der Waals surface area contributed by atoms with Crippen LogP contribution in [0.4, 0.5) is 0 Å². The number of aliphatic carboxylic acids is 2. The molecule has 0 spiro atoms. The molecule has 0 saturated heterocycles. The van der Waals surface area contributed by atoms with Gasteiger partial charge in [-0.25, -0.2) is 0 Å². The Morgan fingerprint density at radius 1 is 1.04 bits per heavy atom. The van der Waals surface area contributed by atoms with Crippen LogP contribution in [0.2, 0.25) is 0 Å². The van der Waals surface area contributed by atoms with E-state index in [0.29, 0.717) is 12.8 Å². The Labute approximate surface area is 195 Å². The van der Waals surface area contributed by atoms with E-state index in [2.05, 4.69) is 32.9 Å². The van der Waals surface area contributed by atoms with Gasteiger partial charge < -0.3 is 10.2 Å². The molecule has 1 aliphatic carbocycles. The third-order valence-corrected chi connectivity index (χ3v) is 4.31. The normalized spacial score (nSPS) is 19.8. The van der Waals surface area contributed by atoms with Crippen LogP contribution >= 0.6 is 0 Å². The number of carboxylic acids is 2. The zero-order valence-electron chi connectivity index (χ0n) is 14.3. The van der Waals surface area contributed by atoms with Crippen LogP contribution in [0.5, 0.6) is 0 Å². The summed E-state index contributed by atoms with van der Waals surface area (Å²) in [5.41, 5.74) is 3.75. The Balaban J connectivity index is 0. The predicted octanol–water partition coefficient (Wildman–Crippen LogP) is 3.28. The van der Waals surface area contributed by atoms with Crippen LogP contribution in [0.1, 0.15) is 59.3 Å². The summed E-state index contributed by atoms with van der Waals surface area (Å²) in [5, 5.41) is 18.3. The van der Waals surface area contributed by atoms with Gasteiger partial charge in [0.15, 0.2) is 0 Å². The molecule has 0 fully saturated rings. The molecule has 0 bridgehead atoms. The predicted molar refractivity (Wildman–Crippen MR) is 106 cm³/mol. The van der Waals surface area contributed by atoms with E-state index in [1.54, 1.807) is 0 Å². The van der Waals surface area contributed by atoms with E-state index < -0.39 is 23.8 Å². The molecule has 0 aliphatic heterocycles. The van der Waals surface area contributed by atoms with Crippen LogP contribution in [0, 0.1) is 11.8 Å². The topological polar surface area (TPSA) is 74.6 Å². The average Bonchev–Trinajstić information content (AvgIpc) is 2.46. The molecule has 0 aromatic heterocycles. The molecule has 0 heterocycles. The third kappa shape index (κ3) is 10.8. The minimum absolute atomic E-state index is 0.